The summed E-state index contributed by atoms with van der Waals surface area (Å²) in [6.07, 6.45) is 3.14. The third kappa shape index (κ3) is 2.73. The molecule has 0 bridgehead atoms. The van der Waals surface area contributed by atoms with Crippen LogP contribution >= 0.6 is 0 Å². The summed E-state index contributed by atoms with van der Waals surface area (Å²) in [5.74, 6) is -0.641. The number of esters is 1. The van der Waals surface area contributed by atoms with Crippen LogP contribution in [0.2, 0.25) is 0 Å². The van der Waals surface area contributed by atoms with Crippen LogP contribution in [0.5, 0.6) is 0 Å². The fraction of sp³-hybridized carbons (Fsp3) is 0.333. The van der Waals surface area contributed by atoms with Gasteiger partial charge in [0.1, 0.15) is 0 Å². The van der Waals surface area contributed by atoms with Gasteiger partial charge in [0, 0.05) is 40.1 Å². The Morgan fingerprint density at radius 3 is 2.65 bits per heavy atom. The van der Waals surface area contributed by atoms with E-state index in [0.717, 1.165) is 35.1 Å². The van der Waals surface area contributed by atoms with E-state index in [1.54, 1.807) is 13.1 Å². The van der Waals surface area contributed by atoms with E-state index >= 15 is 0 Å². The zero-order valence-corrected chi connectivity index (χ0v) is 15.2. The number of carbonyl (C=O) groups excluding carboxylic acids is 2. The first-order valence-corrected chi connectivity index (χ1v) is 8.97. The Kier molecular flexibility index (Phi) is 3.94. The summed E-state index contributed by atoms with van der Waals surface area (Å²) < 4.78 is 7.70. The number of nitrogens with one attached hydrogen (secondary N) is 1. The van der Waals surface area contributed by atoms with Gasteiger partial charge in [-0.15, -0.1) is 0 Å². The summed E-state index contributed by atoms with van der Waals surface area (Å²) in [6, 6.07) is 9.95. The Balaban J connectivity index is 1.54. The van der Waals surface area contributed by atoms with Crippen LogP contribution in [0.4, 0.5) is 0 Å². The van der Waals surface area contributed by atoms with Gasteiger partial charge >= 0.3 is 5.97 Å². The number of fused-ring (bicyclic) bond motifs is 1. The lowest BCUT2D eigenvalue weighted by molar-refractivity contribution is 0.0318. The molecule has 4 rings (SSSR count). The third-order valence-corrected chi connectivity index (χ3v) is 5.12. The molecule has 0 spiro atoms. The number of nitrogens with zero attached hydrogens (tertiary/aromatic N) is 1. The van der Waals surface area contributed by atoms with Gasteiger partial charge < -0.3 is 14.3 Å². The smallest absolute Gasteiger partial charge is 0.340 e. The van der Waals surface area contributed by atoms with Crippen molar-refractivity contribution in [3.8, 4) is 0 Å². The first-order valence-electron chi connectivity index (χ1n) is 8.97. The summed E-state index contributed by atoms with van der Waals surface area (Å²) >= 11 is 0. The molecular formula is C21H22N2O3. The highest BCUT2D eigenvalue weighted by molar-refractivity contribution is 6.10. The van der Waals surface area contributed by atoms with Crippen molar-refractivity contribution < 1.29 is 14.3 Å². The Hall–Kier alpha value is -2.82. The van der Waals surface area contributed by atoms with E-state index in [-0.39, 0.29) is 5.78 Å². The molecule has 1 fully saturated rings. The van der Waals surface area contributed by atoms with Crippen LogP contribution in [0.3, 0.4) is 0 Å². The van der Waals surface area contributed by atoms with Gasteiger partial charge in [0.2, 0.25) is 5.78 Å². The predicted octanol–water partition coefficient (Wildman–Crippen LogP) is 4.35. The number of H-pyrrole nitrogens is 1. The van der Waals surface area contributed by atoms with Crippen LogP contribution in [0.1, 0.15) is 57.9 Å². The Morgan fingerprint density at radius 2 is 1.92 bits per heavy atom. The number of para-hydroxylation sites is 1. The van der Waals surface area contributed by atoms with Crippen LogP contribution in [-0.4, -0.2) is 27.4 Å². The Bertz CT molecular complexity index is 1010. The highest BCUT2D eigenvalue weighted by Gasteiger charge is 2.30. The van der Waals surface area contributed by atoms with Crippen LogP contribution < -0.4 is 0 Å². The number of rotatable bonds is 5. The molecular weight excluding hydrogens is 328 g/mol. The van der Waals surface area contributed by atoms with E-state index in [1.165, 1.54) is 0 Å². The molecule has 1 aliphatic rings. The molecule has 1 aliphatic carbocycles. The highest BCUT2D eigenvalue weighted by Crippen LogP contribution is 2.38. The maximum absolute atomic E-state index is 12.8. The zero-order valence-electron chi connectivity index (χ0n) is 15.2. The quantitative estimate of drug-likeness (QED) is 0.549. The summed E-state index contributed by atoms with van der Waals surface area (Å²) in [6.45, 7) is 5.57. The molecule has 2 heterocycles. The largest absolute Gasteiger partial charge is 0.451 e. The number of hydrogen-bond donors (Lipinski definition) is 1. The first-order chi connectivity index (χ1) is 12.5. The van der Waals surface area contributed by atoms with E-state index in [4.69, 9.17) is 4.74 Å². The number of aromatic nitrogens is 2. The lowest BCUT2D eigenvalue weighted by Gasteiger charge is -2.12. The summed E-state index contributed by atoms with van der Waals surface area (Å²) in [4.78, 5) is 28.5. The van der Waals surface area contributed by atoms with Crippen molar-refractivity contribution in [2.45, 2.75) is 45.8 Å². The summed E-state index contributed by atoms with van der Waals surface area (Å²) in [5, 5.41) is 0.840. The monoisotopic (exact) mass is 350 g/mol. The molecule has 0 aliphatic heterocycles. The second kappa shape index (κ2) is 6.16. The molecule has 0 saturated heterocycles. The van der Waals surface area contributed by atoms with E-state index < -0.39 is 12.1 Å². The van der Waals surface area contributed by atoms with E-state index in [2.05, 4.69) is 9.55 Å². The molecule has 1 aromatic carbocycles. The van der Waals surface area contributed by atoms with Gasteiger partial charge in [0.05, 0.1) is 5.56 Å². The van der Waals surface area contributed by atoms with Crippen molar-refractivity contribution in [1.82, 2.24) is 9.55 Å². The molecule has 0 radical (unpaired) electrons. The highest BCUT2D eigenvalue weighted by atomic mass is 16.5. The fourth-order valence-electron chi connectivity index (χ4n) is 3.65. The number of aromatic amines is 1. The zero-order chi connectivity index (χ0) is 18.4. The maximum atomic E-state index is 12.8. The average Bonchev–Trinajstić information content (AvgIpc) is 3.28. The molecule has 1 N–H and O–H groups in total. The van der Waals surface area contributed by atoms with Gasteiger partial charge in [-0.3, -0.25) is 4.79 Å². The molecule has 0 amide bonds. The summed E-state index contributed by atoms with van der Waals surface area (Å²) in [5.41, 5.74) is 3.97. The molecule has 0 unspecified atom stereocenters. The third-order valence-electron chi connectivity index (χ3n) is 5.12. The van der Waals surface area contributed by atoms with Gasteiger partial charge in [0.25, 0.3) is 0 Å². The van der Waals surface area contributed by atoms with Gasteiger partial charge in [0.15, 0.2) is 6.10 Å². The molecule has 3 aromatic rings. The SMILES string of the molecule is Cc1cc(C(=O)O[C@H](C)C(=O)c2c[nH]c3ccccc23)c(C)n1C1CC1. The van der Waals surface area contributed by atoms with Gasteiger partial charge in [-0.05, 0) is 45.7 Å². The van der Waals surface area contributed by atoms with Crippen LogP contribution in [0.15, 0.2) is 36.5 Å². The van der Waals surface area contributed by atoms with Crippen molar-refractivity contribution in [2.24, 2.45) is 0 Å². The minimum Gasteiger partial charge on any atom is -0.451 e. The summed E-state index contributed by atoms with van der Waals surface area (Å²) in [7, 11) is 0. The van der Waals surface area contributed by atoms with Gasteiger partial charge in [-0.1, -0.05) is 18.2 Å². The second-order valence-electron chi connectivity index (χ2n) is 7.05. The van der Waals surface area contributed by atoms with E-state index in [9.17, 15) is 9.59 Å². The Morgan fingerprint density at radius 1 is 1.19 bits per heavy atom. The molecule has 1 saturated carbocycles. The molecule has 2 aromatic heterocycles. The number of benzene rings is 1. The average molecular weight is 350 g/mol. The number of hydrogen-bond acceptors (Lipinski definition) is 3. The van der Waals surface area contributed by atoms with Crippen LogP contribution in [-0.2, 0) is 4.74 Å². The standard InChI is InChI=1S/C21H22N2O3/c1-12-10-17(13(2)23(12)15-8-9-15)21(25)26-14(3)20(24)18-11-22-19-7-5-4-6-16(18)19/h4-7,10-11,14-15,22H,8-9H2,1-3H3/t14-/m1/s1. The lowest BCUT2D eigenvalue weighted by atomic mass is 10.1. The first kappa shape index (κ1) is 16.6. The molecule has 134 valence electrons. The number of Topliss-reactive ketones (excluding diaryl/α,β-unsaturated/α-hetero) is 1. The second-order valence-corrected chi connectivity index (χ2v) is 7.05. The number of carbonyl (C=O) groups is 2. The van der Waals surface area contributed by atoms with Gasteiger partial charge in [-0.25, -0.2) is 4.79 Å². The van der Waals surface area contributed by atoms with Crippen molar-refractivity contribution >= 4 is 22.7 Å². The van der Waals surface area contributed by atoms with Crippen LogP contribution in [0.25, 0.3) is 10.9 Å². The van der Waals surface area contributed by atoms with E-state index in [0.29, 0.717) is 17.2 Å². The Labute approximate surface area is 152 Å². The lowest BCUT2D eigenvalue weighted by Crippen LogP contribution is -2.24. The van der Waals surface area contributed by atoms with E-state index in [1.807, 2.05) is 44.2 Å². The van der Waals surface area contributed by atoms with Gasteiger partial charge in [-0.2, -0.15) is 0 Å². The number of aryl methyl sites for hydroxylation is 1. The van der Waals surface area contributed by atoms with Crippen molar-refractivity contribution in [1.29, 1.82) is 0 Å². The van der Waals surface area contributed by atoms with Crippen molar-refractivity contribution in [2.75, 3.05) is 0 Å². The number of ether oxygens (including phenoxy) is 1. The molecule has 26 heavy (non-hydrogen) atoms. The minimum absolute atomic E-state index is 0.202. The maximum Gasteiger partial charge on any atom is 0.340 e. The fourth-order valence-corrected chi connectivity index (χ4v) is 3.65. The molecule has 5 heteroatoms. The van der Waals surface area contributed by atoms with Crippen molar-refractivity contribution in [3.05, 3.63) is 59.0 Å². The molecule has 1 atom stereocenters. The van der Waals surface area contributed by atoms with Crippen LogP contribution in [0, 0.1) is 13.8 Å². The number of ketones is 1. The minimum atomic E-state index is -0.842. The molecule has 5 nitrogen and oxygen atoms in total. The van der Waals surface area contributed by atoms with Crippen molar-refractivity contribution in [3.63, 3.8) is 0 Å². The normalized spacial score (nSPS) is 15.2. The predicted molar refractivity (Wildman–Crippen MR) is 99.7 cm³/mol. The topological polar surface area (TPSA) is 64.1 Å².